The molecule has 0 saturated heterocycles. The number of amides is 2. The molecular formula is C14H15F3N2O2S. The topological polar surface area (TPSA) is 49.4 Å². The van der Waals surface area contributed by atoms with E-state index in [2.05, 4.69) is 5.32 Å². The van der Waals surface area contributed by atoms with Crippen molar-refractivity contribution in [2.24, 2.45) is 0 Å². The van der Waals surface area contributed by atoms with Gasteiger partial charge in [0.15, 0.2) is 0 Å². The molecule has 1 N–H and O–H groups in total. The maximum atomic E-state index is 12.6. The molecule has 0 radical (unpaired) electrons. The molecule has 0 aromatic heterocycles. The Morgan fingerprint density at radius 1 is 1.41 bits per heavy atom. The number of nitrogens with zero attached hydrogens (tertiary/aromatic N) is 1. The summed E-state index contributed by atoms with van der Waals surface area (Å²) in [5.41, 5.74) is 0.585. The molecule has 1 aliphatic rings. The maximum absolute atomic E-state index is 12.6. The van der Waals surface area contributed by atoms with Gasteiger partial charge in [0.25, 0.3) is 5.91 Å². The van der Waals surface area contributed by atoms with Crippen LogP contribution in [0.25, 0.3) is 0 Å². The Morgan fingerprint density at radius 3 is 2.68 bits per heavy atom. The lowest BCUT2D eigenvalue weighted by Gasteiger charge is -2.28. The van der Waals surface area contributed by atoms with E-state index in [4.69, 9.17) is 0 Å². The number of carbonyl (C=O) groups excluding carboxylic acids is 2. The van der Waals surface area contributed by atoms with E-state index in [1.54, 1.807) is 6.07 Å². The first-order valence-corrected chi connectivity index (χ1v) is 7.60. The highest BCUT2D eigenvalue weighted by atomic mass is 32.2. The Morgan fingerprint density at radius 2 is 2.09 bits per heavy atom. The van der Waals surface area contributed by atoms with Gasteiger partial charge in [0, 0.05) is 16.5 Å². The van der Waals surface area contributed by atoms with E-state index in [1.807, 2.05) is 0 Å². The van der Waals surface area contributed by atoms with Crippen LogP contribution in [0.3, 0.4) is 0 Å². The number of hydrogen-bond donors (Lipinski definition) is 1. The van der Waals surface area contributed by atoms with Gasteiger partial charge in [0.2, 0.25) is 5.91 Å². The average molecular weight is 332 g/mol. The normalized spacial score (nSPS) is 14.5. The number of carbonyl (C=O) groups is 2. The number of hydrogen-bond acceptors (Lipinski definition) is 3. The highest BCUT2D eigenvalue weighted by molar-refractivity contribution is 8.00. The van der Waals surface area contributed by atoms with Crippen molar-refractivity contribution in [2.75, 3.05) is 17.6 Å². The van der Waals surface area contributed by atoms with E-state index in [0.29, 0.717) is 5.69 Å². The van der Waals surface area contributed by atoms with Gasteiger partial charge in [-0.3, -0.25) is 9.59 Å². The lowest BCUT2D eigenvalue weighted by atomic mass is 10.1. The number of halogens is 3. The van der Waals surface area contributed by atoms with Crippen LogP contribution in [0.4, 0.5) is 18.9 Å². The largest absolute Gasteiger partial charge is 0.406 e. The van der Waals surface area contributed by atoms with Crippen molar-refractivity contribution >= 4 is 29.3 Å². The second kappa shape index (κ2) is 6.20. The first-order valence-electron chi connectivity index (χ1n) is 6.62. The number of benzene rings is 1. The first kappa shape index (κ1) is 16.7. The van der Waals surface area contributed by atoms with Crippen LogP contribution in [0.5, 0.6) is 0 Å². The fourth-order valence-electron chi connectivity index (χ4n) is 2.06. The van der Waals surface area contributed by atoms with Gasteiger partial charge in [-0.15, -0.1) is 11.8 Å². The molecule has 1 aromatic rings. The summed E-state index contributed by atoms with van der Waals surface area (Å²) in [6.45, 7) is 1.75. The smallest absolute Gasteiger partial charge is 0.327 e. The highest BCUT2D eigenvalue weighted by Crippen LogP contribution is 2.32. The molecule has 0 saturated carbocycles. The van der Waals surface area contributed by atoms with Crippen LogP contribution >= 0.6 is 11.8 Å². The Labute approximate surface area is 130 Å². The molecule has 1 aromatic carbocycles. The van der Waals surface area contributed by atoms with Crippen molar-refractivity contribution < 1.29 is 22.8 Å². The van der Waals surface area contributed by atoms with E-state index in [9.17, 15) is 22.8 Å². The maximum Gasteiger partial charge on any atom is 0.406 e. The molecule has 0 atom stereocenters. The van der Waals surface area contributed by atoms with E-state index in [0.717, 1.165) is 9.80 Å². The minimum atomic E-state index is -4.46. The molecule has 1 heterocycles. The van der Waals surface area contributed by atoms with Gasteiger partial charge in [0.1, 0.15) is 6.54 Å². The number of thioether (sulfide) groups is 1. The quantitative estimate of drug-likeness (QED) is 0.925. The van der Waals surface area contributed by atoms with E-state index in [1.165, 1.54) is 37.7 Å². The molecule has 8 heteroatoms. The van der Waals surface area contributed by atoms with Gasteiger partial charge in [-0.2, -0.15) is 13.2 Å². The first-order chi connectivity index (χ1) is 10.2. The summed E-state index contributed by atoms with van der Waals surface area (Å²) in [6.07, 6.45) is -4.46. The van der Waals surface area contributed by atoms with Crippen molar-refractivity contribution in [3.05, 3.63) is 23.8 Å². The van der Waals surface area contributed by atoms with Crippen molar-refractivity contribution in [1.82, 2.24) is 4.90 Å². The van der Waals surface area contributed by atoms with Crippen LogP contribution in [0.2, 0.25) is 0 Å². The second-order valence-electron chi connectivity index (χ2n) is 5.19. The zero-order chi connectivity index (χ0) is 16.5. The third kappa shape index (κ3) is 3.94. The molecule has 2 rings (SSSR count). The molecule has 0 bridgehead atoms. The summed E-state index contributed by atoms with van der Waals surface area (Å²) in [4.78, 5) is 25.3. The van der Waals surface area contributed by atoms with Gasteiger partial charge in [0.05, 0.1) is 11.4 Å². The fraction of sp³-hybridized carbons (Fsp3) is 0.429. The minimum Gasteiger partial charge on any atom is -0.327 e. The predicted octanol–water partition coefficient (Wildman–Crippen LogP) is 3.14. The summed E-state index contributed by atoms with van der Waals surface area (Å²) >= 11 is 1.32. The summed E-state index contributed by atoms with van der Waals surface area (Å²) in [6, 6.07) is 3.96. The Kier molecular flexibility index (Phi) is 4.69. The predicted molar refractivity (Wildman–Crippen MR) is 78.0 cm³/mol. The molecule has 4 nitrogen and oxygen atoms in total. The molecule has 0 aliphatic carbocycles. The number of nitrogens with one attached hydrogen (secondary N) is 1. The number of rotatable bonds is 3. The Bertz CT molecular complexity index is 602. The summed E-state index contributed by atoms with van der Waals surface area (Å²) in [5, 5.41) is 2.62. The Hall–Kier alpha value is -1.70. The summed E-state index contributed by atoms with van der Waals surface area (Å²) in [7, 11) is 0. The van der Waals surface area contributed by atoms with Crippen LogP contribution in [0.15, 0.2) is 23.1 Å². The lowest BCUT2D eigenvalue weighted by Crippen LogP contribution is -2.43. The zero-order valence-electron chi connectivity index (χ0n) is 12.0. The van der Waals surface area contributed by atoms with Crippen molar-refractivity contribution in [3.8, 4) is 0 Å². The Balaban J connectivity index is 2.27. The molecule has 0 fully saturated rings. The molecule has 1 aliphatic heterocycles. The van der Waals surface area contributed by atoms with Crippen LogP contribution in [-0.2, 0) is 4.79 Å². The fourth-order valence-corrected chi connectivity index (χ4v) is 2.85. The third-order valence-electron chi connectivity index (χ3n) is 3.09. The number of fused-ring (bicyclic) bond motifs is 1. The number of alkyl halides is 3. The molecule has 0 spiro atoms. The standard InChI is InChI=1S/C14H15F3N2O2S/c1-8(2)19(7-14(15,16)17)13(21)9-3-4-11-10(5-9)18-12(20)6-22-11/h3-5,8H,6-7H2,1-2H3,(H,18,20). The van der Waals surface area contributed by atoms with Gasteiger partial charge < -0.3 is 10.2 Å². The van der Waals surface area contributed by atoms with E-state index >= 15 is 0 Å². The molecular weight excluding hydrogens is 317 g/mol. The van der Waals surface area contributed by atoms with Crippen molar-refractivity contribution in [2.45, 2.75) is 31.0 Å². The monoisotopic (exact) mass is 332 g/mol. The van der Waals surface area contributed by atoms with Gasteiger partial charge in [-0.25, -0.2) is 0 Å². The molecule has 0 unspecified atom stereocenters. The lowest BCUT2D eigenvalue weighted by molar-refractivity contribution is -0.143. The molecule has 120 valence electrons. The molecule has 2 amide bonds. The van der Waals surface area contributed by atoms with Crippen molar-refractivity contribution in [3.63, 3.8) is 0 Å². The SMILES string of the molecule is CC(C)N(CC(F)(F)F)C(=O)c1ccc2c(c1)NC(=O)CS2. The number of anilines is 1. The molecule has 22 heavy (non-hydrogen) atoms. The average Bonchev–Trinajstić information content (AvgIpc) is 2.42. The van der Waals surface area contributed by atoms with E-state index in [-0.39, 0.29) is 17.2 Å². The summed E-state index contributed by atoms with van der Waals surface area (Å²) < 4.78 is 37.8. The van der Waals surface area contributed by atoms with Crippen molar-refractivity contribution in [1.29, 1.82) is 0 Å². The summed E-state index contributed by atoms with van der Waals surface area (Å²) in [5.74, 6) is -0.620. The minimum absolute atomic E-state index is 0.125. The van der Waals surface area contributed by atoms with Gasteiger partial charge >= 0.3 is 6.18 Å². The zero-order valence-corrected chi connectivity index (χ0v) is 12.8. The highest BCUT2D eigenvalue weighted by Gasteiger charge is 2.34. The van der Waals surface area contributed by atoms with E-state index < -0.39 is 24.7 Å². The van der Waals surface area contributed by atoms with Crippen LogP contribution in [0, 0.1) is 0 Å². The second-order valence-corrected chi connectivity index (χ2v) is 6.21. The van der Waals surface area contributed by atoms with Crippen LogP contribution in [-0.4, -0.2) is 41.2 Å². The van der Waals surface area contributed by atoms with Crippen LogP contribution in [0.1, 0.15) is 24.2 Å². The van der Waals surface area contributed by atoms with Crippen LogP contribution < -0.4 is 5.32 Å². The van der Waals surface area contributed by atoms with Gasteiger partial charge in [-0.05, 0) is 32.0 Å². The third-order valence-corrected chi connectivity index (χ3v) is 4.17. The van der Waals surface area contributed by atoms with Gasteiger partial charge in [-0.1, -0.05) is 0 Å².